The van der Waals surface area contributed by atoms with Crippen LogP contribution in [-0.4, -0.2) is 15.9 Å². The molecule has 1 aliphatic rings. The van der Waals surface area contributed by atoms with Crippen LogP contribution < -0.4 is 10.9 Å². The first-order valence-electron chi connectivity index (χ1n) is 9.94. The molecule has 0 saturated heterocycles. The number of rotatable bonds is 4. The Morgan fingerprint density at radius 2 is 1.65 bits per heavy atom. The molecule has 0 radical (unpaired) electrons. The normalized spacial score (nSPS) is 15.6. The number of alkyl halides is 3. The summed E-state index contributed by atoms with van der Waals surface area (Å²) in [6, 6.07) is 14.9. The van der Waals surface area contributed by atoms with Gasteiger partial charge in [-0.1, -0.05) is 55.3 Å². The second kappa shape index (κ2) is 8.02. The third-order valence-electron chi connectivity index (χ3n) is 5.60. The van der Waals surface area contributed by atoms with Gasteiger partial charge in [-0.2, -0.15) is 13.2 Å². The fourth-order valence-electron chi connectivity index (χ4n) is 4.03. The minimum Gasteiger partial charge on any atom is -0.341 e. The number of nitrogens with zero attached hydrogens (tertiary/aromatic N) is 1. The SMILES string of the molecule is O=C(NC1(c2ccc(C(F)(F)F)cc2)CCCC1)c1cc(=O)[nH]c(-c2ccccc2)n1. The summed E-state index contributed by atoms with van der Waals surface area (Å²) < 4.78 is 38.8. The fourth-order valence-corrected chi connectivity index (χ4v) is 4.03. The Kier molecular flexibility index (Phi) is 5.39. The smallest absolute Gasteiger partial charge is 0.341 e. The van der Waals surface area contributed by atoms with Crippen molar-refractivity contribution in [3.05, 3.63) is 87.8 Å². The third kappa shape index (κ3) is 4.38. The monoisotopic (exact) mass is 427 g/mol. The van der Waals surface area contributed by atoms with Crippen molar-refractivity contribution in [3.8, 4) is 11.4 Å². The number of nitrogens with one attached hydrogen (secondary N) is 2. The van der Waals surface area contributed by atoms with E-state index in [1.807, 2.05) is 6.07 Å². The number of aromatic nitrogens is 2. The van der Waals surface area contributed by atoms with Gasteiger partial charge in [0.1, 0.15) is 11.5 Å². The summed E-state index contributed by atoms with van der Waals surface area (Å²) in [5.74, 6) is -0.265. The highest BCUT2D eigenvalue weighted by Gasteiger charge is 2.38. The Morgan fingerprint density at radius 3 is 2.26 bits per heavy atom. The van der Waals surface area contributed by atoms with Crippen LogP contribution in [0.15, 0.2) is 65.5 Å². The first kappa shape index (κ1) is 20.8. The zero-order valence-electron chi connectivity index (χ0n) is 16.5. The number of benzene rings is 2. The molecule has 1 amide bonds. The summed E-state index contributed by atoms with van der Waals surface area (Å²) in [5, 5.41) is 2.95. The predicted octanol–water partition coefficient (Wildman–Crippen LogP) is 4.66. The first-order chi connectivity index (χ1) is 14.8. The average molecular weight is 427 g/mol. The van der Waals surface area contributed by atoms with Gasteiger partial charge < -0.3 is 10.3 Å². The van der Waals surface area contributed by atoms with Crippen molar-refractivity contribution < 1.29 is 18.0 Å². The molecule has 1 aromatic heterocycles. The van der Waals surface area contributed by atoms with Crippen molar-refractivity contribution in [1.82, 2.24) is 15.3 Å². The van der Waals surface area contributed by atoms with E-state index in [2.05, 4.69) is 15.3 Å². The van der Waals surface area contributed by atoms with E-state index < -0.39 is 28.7 Å². The van der Waals surface area contributed by atoms with E-state index in [1.54, 1.807) is 24.3 Å². The Hall–Kier alpha value is -3.42. The number of carbonyl (C=O) groups excluding carboxylic acids is 1. The number of amides is 1. The van der Waals surface area contributed by atoms with E-state index in [4.69, 9.17) is 0 Å². The summed E-state index contributed by atoms with van der Waals surface area (Å²) in [5.41, 5.74) is -0.764. The van der Waals surface area contributed by atoms with Gasteiger partial charge in [0.2, 0.25) is 0 Å². The van der Waals surface area contributed by atoms with Crippen LogP contribution in [0.25, 0.3) is 11.4 Å². The second-order valence-electron chi connectivity index (χ2n) is 7.66. The Balaban J connectivity index is 1.64. The fraction of sp³-hybridized carbons (Fsp3) is 0.261. The van der Waals surface area contributed by atoms with Gasteiger partial charge in [0, 0.05) is 11.6 Å². The molecule has 2 N–H and O–H groups in total. The Bertz CT molecular complexity index is 1130. The largest absolute Gasteiger partial charge is 0.416 e. The van der Waals surface area contributed by atoms with Crippen molar-refractivity contribution in [2.45, 2.75) is 37.4 Å². The minimum atomic E-state index is -4.42. The van der Waals surface area contributed by atoms with Crippen molar-refractivity contribution in [1.29, 1.82) is 0 Å². The predicted molar refractivity (Wildman–Crippen MR) is 109 cm³/mol. The molecule has 0 aliphatic heterocycles. The molecule has 160 valence electrons. The quantitative estimate of drug-likeness (QED) is 0.636. The maximum absolute atomic E-state index is 13.0. The van der Waals surface area contributed by atoms with Gasteiger partial charge in [0.15, 0.2) is 0 Å². The number of aromatic amines is 1. The highest BCUT2D eigenvalue weighted by molar-refractivity contribution is 5.93. The molecule has 0 unspecified atom stereocenters. The molecule has 4 rings (SSSR count). The van der Waals surface area contributed by atoms with Crippen LogP contribution in [0, 0.1) is 0 Å². The summed E-state index contributed by atoms with van der Waals surface area (Å²) in [6.07, 6.45) is -1.57. The van der Waals surface area contributed by atoms with Crippen LogP contribution in [0.5, 0.6) is 0 Å². The van der Waals surface area contributed by atoms with Gasteiger partial charge in [-0.15, -0.1) is 0 Å². The van der Waals surface area contributed by atoms with E-state index in [0.717, 1.165) is 31.0 Å². The van der Waals surface area contributed by atoms with Crippen molar-refractivity contribution >= 4 is 5.91 Å². The van der Waals surface area contributed by atoms with Gasteiger partial charge in [0.05, 0.1) is 11.1 Å². The van der Waals surface area contributed by atoms with Gasteiger partial charge in [0.25, 0.3) is 11.5 Å². The van der Waals surface area contributed by atoms with Gasteiger partial charge in [-0.3, -0.25) is 9.59 Å². The molecule has 0 atom stereocenters. The maximum atomic E-state index is 13.0. The first-order valence-corrected chi connectivity index (χ1v) is 9.94. The lowest BCUT2D eigenvalue weighted by atomic mass is 9.87. The zero-order valence-corrected chi connectivity index (χ0v) is 16.5. The Morgan fingerprint density at radius 1 is 1.00 bits per heavy atom. The molecule has 1 fully saturated rings. The standard InChI is InChI=1S/C23H20F3N3O2/c24-23(25,26)17-10-8-16(9-11-17)22(12-4-5-13-22)29-21(31)18-14-19(30)28-20(27-18)15-6-2-1-3-7-15/h1-3,6-11,14H,4-5,12-13H2,(H,29,31)(H,27,28,30). The van der Waals surface area contributed by atoms with Crippen molar-refractivity contribution in [2.24, 2.45) is 0 Å². The molecular formula is C23H20F3N3O2. The van der Waals surface area contributed by atoms with Crippen LogP contribution in [-0.2, 0) is 11.7 Å². The van der Waals surface area contributed by atoms with E-state index in [9.17, 15) is 22.8 Å². The highest BCUT2D eigenvalue weighted by atomic mass is 19.4. The molecule has 3 aromatic rings. The Labute approximate surface area is 176 Å². The average Bonchev–Trinajstić information content (AvgIpc) is 3.23. The number of H-pyrrole nitrogens is 1. The third-order valence-corrected chi connectivity index (χ3v) is 5.60. The van der Waals surface area contributed by atoms with Crippen molar-refractivity contribution in [2.75, 3.05) is 0 Å². The van der Waals surface area contributed by atoms with Gasteiger partial charge >= 0.3 is 6.18 Å². The van der Waals surface area contributed by atoms with Crippen LogP contribution in [0.3, 0.4) is 0 Å². The summed E-state index contributed by atoms with van der Waals surface area (Å²) in [6.45, 7) is 0. The summed E-state index contributed by atoms with van der Waals surface area (Å²) >= 11 is 0. The summed E-state index contributed by atoms with van der Waals surface area (Å²) in [4.78, 5) is 32.1. The molecular weight excluding hydrogens is 407 g/mol. The molecule has 1 heterocycles. The lowest BCUT2D eigenvalue weighted by Gasteiger charge is -2.31. The molecule has 1 saturated carbocycles. The summed E-state index contributed by atoms with van der Waals surface area (Å²) in [7, 11) is 0. The molecule has 8 heteroatoms. The molecule has 1 aliphatic carbocycles. The van der Waals surface area contributed by atoms with Crippen LogP contribution in [0.1, 0.15) is 47.3 Å². The van der Waals surface area contributed by atoms with Gasteiger partial charge in [-0.05, 0) is 30.5 Å². The number of hydrogen-bond acceptors (Lipinski definition) is 3. The van der Waals surface area contributed by atoms with E-state index in [0.29, 0.717) is 24.0 Å². The molecule has 5 nitrogen and oxygen atoms in total. The minimum absolute atomic E-state index is 0.0409. The topological polar surface area (TPSA) is 74.8 Å². The molecule has 0 spiro atoms. The van der Waals surface area contributed by atoms with Gasteiger partial charge in [-0.25, -0.2) is 4.98 Å². The lowest BCUT2D eigenvalue weighted by molar-refractivity contribution is -0.137. The van der Waals surface area contributed by atoms with E-state index >= 15 is 0 Å². The maximum Gasteiger partial charge on any atom is 0.416 e. The van der Waals surface area contributed by atoms with E-state index in [1.165, 1.54) is 12.1 Å². The molecule has 31 heavy (non-hydrogen) atoms. The zero-order chi connectivity index (χ0) is 22.1. The second-order valence-corrected chi connectivity index (χ2v) is 7.66. The number of halogens is 3. The lowest BCUT2D eigenvalue weighted by Crippen LogP contribution is -2.44. The molecule has 2 aromatic carbocycles. The highest BCUT2D eigenvalue weighted by Crippen LogP contribution is 2.40. The number of hydrogen-bond donors (Lipinski definition) is 2. The van der Waals surface area contributed by atoms with Crippen LogP contribution in [0.2, 0.25) is 0 Å². The van der Waals surface area contributed by atoms with Crippen LogP contribution in [0.4, 0.5) is 13.2 Å². The van der Waals surface area contributed by atoms with E-state index in [-0.39, 0.29) is 11.5 Å². The van der Waals surface area contributed by atoms with Crippen LogP contribution >= 0.6 is 0 Å². The number of carbonyl (C=O) groups is 1. The molecule has 0 bridgehead atoms. The van der Waals surface area contributed by atoms with Crippen molar-refractivity contribution in [3.63, 3.8) is 0 Å².